The zero-order chi connectivity index (χ0) is 10.5. The molecule has 4 nitrogen and oxygen atoms in total. The monoisotopic (exact) mass is 203 g/mol. The highest BCUT2D eigenvalue weighted by molar-refractivity contribution is 5.81. The van der Waals surface area contributed by atoms with Crippen LogP contribution in [-0.4, -0.2) is 30.2 Å². The summed E-state index contributed by atoms with van der Waals surface area (Å²) in [5.74, 6) is 0. The quantitative estimate of drug-likeness (QED) is 0.768. The Morgan fingerprint density at radius 3 is 3.20 bits per heavy atom. The molecule has 0 amide bonds. The van der Waals surface area contributed by atoms with Crippen molar-refractivity contribution in [2.24, 2.45) is 0 Å². The van der Waals surface area contributed by atoms with E-state index in [1.165, 1.54) is 0 Å². The van der Waals surface area contributed by atoms with Crippen LogP contribution in [0.15, 0.2) is 30.7 Å². The molecule has 2 aromatic rings. The van der Waals surface area contributed by atoms with Crippen molar-refractivity contribution < 1.29 is 4.74 Å². The van der Waals surface area contributed by atoms with Crippen molar-refractivity contribution in [1.82, 2.24) is 9.97 Å². The highest BCUT2D eigenvalue weighted by atomic mass is 16.5. The van der Waals surface area contributed by atoms with Gasteiger partial charge in [-0.1, -0.05) is 0 Å². The minimum absolute atomic E-state index is 0.696. The summed E-state index contributed by atoms with van der Waals surface area (Å²) in [7, 11) is 1.69. The Hall–Kier alpha value is -1.68. The van der Waals surface area contributed by atoms with Gasteiger partial charge in [0.05, 0.1) is 12.1 Å². The molecule has 1 aromatic heterocycles. The van der Waals surface area contributed by atoms with Gasteiger partial charge in [0.25, 0.3) is 0 Å². The highest BCUT2D eigenvalue weighted by Crippen LogP contribution is 2.15. The smallest absolute Gasteiger partial charge is 0.116 e. The van der Waals surface area contributed by atoms with Gasteiger partial charge in [0.15, 0.2) is 0 Å². The Kier molecular flexibility index (Phi) is 3.09. The number of aromatic nitrogens is 2. The van der Waals surface area contributed by atoms with Gasteiger partial charge < -0.3 is 10.1 Å². The molecule has 0 unspecified atom stereocenters. The van der Waals surface area contributed by atoms with Gasteiger partial charge in [-0.15, -0.1) is 0 Å². The van der Waals surface area contributed by atoms with Gasteiger partial charge in [-0.25, -0.2) is 9.97 Å². The van der Waals surface area contributed by atoms with Crippen LogP contribution in [0.25, 0.3) is 10.9 Å². The van der Waals surface area contributed by atoms with Crippen LogP contribution in [0, 0.1) is 0 Å². The van der Waals surface area contributed by atoms with Gasteiger partial charge in [-0.2, -0.15) is 0 Å². The van der Waals surface area contributed by atoms with E-state index < -0.39 is 0 Å². The predicted octanol–water partition coefficient (Wildman–Crippen LogP) is 1.69. The van der Waals surface area contributed by atoms with Crippen molar-refractivity contribution in [3.05, 3.63) is 30.7 Å². The molecule has 15 heavy (non-hydrogen) atoms. The number of methoxy groups -OCH3 is 1. The van der Waals surface area contributed by atoms with Crippen molar-refractivity contribution in [1.29, 1.82) is 0 Å². The molecular formula is C11H13N3O. The zero-order valence-electron chi connectivity index (χ0n) is 8.60. The number of ether oxygens (including phenoxy) is 1. The summed E-state index contributed by atoms with van der Waals surface area (Å²) in [6.45, 7) is 1.49. The lowest BCUT2D eigenvalue weighted by Gasteiger charge is -2.05. The first kappa shape index (κ1) is 9.86. The topological polar surface area (TPSA) is 47.0 Å². The van der Waals surface area contributed by atoms with E-state index in [0.717, 1.165) is 23.1 Å². The Balaban J connectivity index is 2.16. The molecule has 1 heterocycles. The molecule has 0 radical (unpaired) electrons. The summed E-state index contributed by atoms with van der Waals surface area (Å²) >= 11 is 0. The first-order chi connectivity index (χ1) is 7.40. The van der Waals surface area contributed by atoms with Gasteiger partial charge in [0, 0.05) is 30.9 Å². The molecular weight excluding hydrogens is 190 g/mol. The van der Waals surface area contributed by atoms with Crippen LogP contribution in [0.5, 0.6) is 0 Å². The lowest BCUT2D eigenvalue weighted by Crippen LogP contribution is -2.07. The largest absolute Gasteiger partial charge is 0.383 e. The summed E-state index contributed by atoms with van der Waals surface area (Å²) in [4.78, 5) is 8.15. The molecule has 0 aliphatic heterocycles. The molecule has 2 rings (SSSR count). The SMILES string of the molecule is COCCNc1ccc2cncnc2c1. The van der Waals surface area contributed by atoms with Crippen LogP contribution in [0.4, 0.5) is 5.69 Å². The van der Waals surface area contributed by atoms with E-state index in [2.05, 4.69) is 15.3 Å². The molecule has 0 aliphatic carbocycles. The van der Waals surface area contributed by atoms with Crippen LogP contribution in [0.1, 0.15) is 0 Å². The van der Waals surface area contributed by atoms with Gasteiger partial charge in [0.2, 0.25) is 0 Å². The number of nitrogens with one attached hydrogen (secondary N) is 1. The zero-order valence-corrected chi connectivity index (χ0v) is 8.60. The predicted molar refractivity (Wildman–Crippen MR) is 59.9 cm³/mol. The summed E-state index contributed by atoms with van der Waals surface area (Å²) in [6, 6.07) is 6.03. The van der Waals surface area contributed by atoms with Crippen LogP contribution < -0.4 is 5.32 Å². The minimum Gasteiger partial charge on any atom is -0.383 e. The Labute approximate surface area is 88.3 Å². The number of fused-ring (bicyclic) bond motifs is 1. The van der Waals surface area contributed by atoms with E-state index in [0.29, 0.717) is 6.61 Å². The second kappa shape index (κ2) is 4.70. The second-order valence-corrected chi connectivity index (χ2v) is 3.22. The molecule has 78 valence electrons. The van der Waals surface area contributed by atoms with E-state index >= 15 is 0 Å². The molecule has 0 spiro atoms. The first-order valence-electron chi connectivity index (χ1n) is 4.83. The summed E-state index contributed by atoms with van der Waals surface area (Å²) in [6.07, 6.45) is 3.36. The van der Waals surface area contributed by atoms with Crippen molar-refractivity contribution in [3.8, 4) is 0 Å². The fourth-order valence-electron chi connectivity index (χ4n) is 1.38. The van der Waals surface area contributed by atoms with Crippen LogP contribution in [-0.2, 0) is 4.74 Å². The summed E-state index contributed by atoms with van der Waals surface area (Å²) < 4.78 is 4.96. The molecule has 0 fully saturated rings. The fraction of sp³-hybridized carbons (Fsp3) is 0.273. The molecule has 1 N–H and O–H groups in total. The molecule has 1 aromatic carbocycles. The summed E-state index contributed by atoms with van der Waals surface area (Å²) in [5.41, 5.74) is 2.01. The maximum atomic E-state index is 4.96. The molecule has 0 saturated carbocycles. The van der Waals surface area contributed by atoms with Crippen molar-refractivity contribution in [2.75, 3.05) is 25.6 Å². The van der Waals surface area contributed by atoms with Crippen LogP contribution in [0.3, 0.4) is 0 Å². The van der Waals surface area contributed by atoms with E-state index in [1.54, 1.807) is 19.6 Å². The Bertz CT molecular complexity index is 445. The number of anilines is 1. The number of rotatable bonds is 4. The minimum atomic E-state index is 0.696. The molecule has 0 saturated heterocycles. The van der Waals surface area contributed by atoms with Crippen LogP contribution >= 0.6 is 0 Å². The molecule has 0 aliphatic rings. The Morgan fingerprint density at radius 2 is 2.33 bits per heavy atom. The second-order valence-electron chi connectivity index (χ2n) is 3.22. The number of hydrogen-bond donors (Lipinski definition) is 1. The molecule has 0 atom stereocenters. The highest BCUT2D eigenvalue weighted by Gasteiger charge is 1.96. The lowest BCUT2D eigenvalue weighted by molar-refractivity contribution is 0.211. The van der Waals surface area contributed by atoms with Crippen molar-refractivity contribution in [3.63, 3.8) is 0 Å². The maximum absolute atomic E-state index is 4.96. The molecule has 0 bridgehead atoms. The Morgan fingerprint density at radius 1 is 1.40 bits per heavy atom. The summed E-state index contributed by atoms with van der Waals surface area (Å²) in [5, 5.41) is 4.30. The van der Waals surface area contributed by atoms with Crippen molar-refractivity contribution >= 4 is 16.6 Å². The van der Waals surface area contributed by atoms with Gasteiger partial charge >= 0.3 is 0 Å². The third-order valence-corrected chi connectivity index (χ3v) is 2.14. The lowest BCUT2D eigenvalue weighted by atomic mass is 10.2. The number of nitrogens with zero attached hydrogens (tertiary/aromatic N) is 2. The third-order valence-electron chi connectivity index (χ3n) is 2.14. The normalized spacial score (nSPS) is 10.5. The van der Waals surface area contributed by atoms with Gasteiger partial charge in [-0.05, 0) is 18.2 Å². The number of benzene rings is 1. The van der Waals surface area contributed by atoms with E-state index in [-0.39, 0.29) is 0 Å². The number of hydrogen-bond acceptors (Lipinski definition) is 4. The third kappa shape index (κ3) is 2.41. The average Bonchev–Trinajstić information content (AvgIpc) is 2.29. The van der Waals surface area contributed by atoms with E-state index in [1.807, 2.05) is 18.2 Å². The van der Waals surface area contributed by atoms with Gasteiger partial charge in [0.1, 0.15) is 6.33 Å². The van der Waals surface area contributed by atoms with Crippen LogP contribution in [0.2, 0.25) is 0 Å². The van der Waals surface area contributed by atoms with E-state index in [4.69, 9.17) is 4.74 Å². The maximum Gasteiger partial charge on any atom is 0.116 e. The van der Waals surface area contributed by atoms with Gasteiger partial charge in [-0.3, -0.25) is 0 Å². The fourth-order valence-corrected chi connectivity index (χ4v) is 1.38. The first-order valence-corrected chi connectivity index (χ1v) is 4.83. The van der Waals surface area contributed by atoms with Crippen molar-refractivity contribution in [2.45, 2.75) is 0 Å². The van der Waals surface area contributed by atoms with E-state index in [9.17, 15) is 0 Å². The molecule has 4 heteroatoms. The standard InChI is InChI=1S/C11H13N3O/c1-15-5-4-13-10-3-2-9-7-12-8-14-11(9)6-10/h2-3,6-8,13H,4-5H2,1H3. The average molecular weight is 203 g/mol.